The third-order valence-electron chi connectivity index (χ3n) is 22.8. The Morgan fingerprint density at radius 2 is 1.05 bits per heavy atom. The smallest absolute Gasteiger partial charge is 0.325 e. The van der Waals surface area contributed by atoms with Crippen molar-refractivity contribution in [3.8, 4) is 0 Å². The highest BCUT2D eigenvalue weighted by Gasteiger charge is 2.59. The molecule has 0 heterocycles. The lowest BCUT2D eigenvalue weighted by Gasteiger charge is -2.58. The molecule has 0 aromatic rings. The van der Waals surface area contributed by atoms with Crippen LogP contribution >= 0.6 is 0 Å². The SMILES string of the molecule is CCCCCCCCCCCOC(=O)CCCCCN(CCCCCCCC(=O)OC(CCCCCCCC)CCCCCCCC)CCOC(=O)CCCC(=O)N(CC(=O)O)CC(=O)O[C@H]1CC[C@@]2(C)C(=CC[C@@H]3C2CC[C@]2(C)C([C@H](C)CCCC(C)C)CC[C@@H]32)C1. The van der Waals surface area contributed by atoms with Crippen molar-refractivity contribution < 1.29 is 52.8 Å². The number of carboxylic acids is 1. The molecular weight excluding hydrogens is 1160 g/mol. The molecule has 1 N–H and O–H groups in total. The zero-order chi connectivity index (χ0) is 67.5. The summed E-state index contributed by atoms with van der Waals surface area (Å²) in [6.07, 6.45) is 51.2. The van der Waals surface area contributed by atoms with Crippen LogP contribution in [0.1, 0.15) is 357 Å². The van der Waals surface area contributed by atoms with Crippen molar-refractivity contribution in [1.29, 1.82) is 0 Å². The predicted octanol–water partition coefficient (Wildman–Crippen LogP) is 20.3. The first-order valence-corrected chi connectivity index (χ1v) is 39.5. The fraction of sp³-hybridized carbons (Fsp3) is 0.900. The molecule has 0 saturated heterocycles. The first-order chi connectivity index (χ1) is 44.9. The van der Waals surface area contributed by atoms with Crippen molar-refractivity contribution in [1.82, 2.24) is 9.80 Å². The summed E-state index contributed by atoms with van der Waals surface area (Å²) in [5.41, 5.74) is 1.92. The molecule has 0 spiro atoms. The number of carbonyl (C=O) groups excluding carboxylic acids is 5. The molecule has 4 rings (SSSR count). The number of unbranched alkanes of at least 4 members (excludes halogenated alkanes) is 24. The molecule has 93 heavy (non-hydrogen) atoms. The molecule has 0 radical (unpaired) electrons. The Balaban J connectivity index is 1.19. The van der Waals surface area contributed by atoms with E-state index in [0.717, 1.165) is 151 Å². The molecule has 0 aromatic heterocycles. The van der Waals surface area contributed by atoms with Gasteiger partial charge in [-0.25, -0.2) is 0 Å². The Bertz CT molecular complexity index is 2080. The van der Waals surface area contributed by atoms with E-state index in [9.17, 15) is 33.9 Å². The minimum Gasteiger partial charge on any atom is -0.480 e. The van der Waals surface area contributed by atoms with E-state index < -0.39 is 36.9 Å². The molecule has 3 fully saturated rings. The van der Waals surface area contributed by atoms with Gasteiger partial charge in [0.15, 0.2) is 0 Å². The van der Waals surface area contributed by atoms with Crippen molar-refractivity contribution in [2.24, 2.45) is 46.3 Å². The number of carbonyl (C=O) groups is 6. The van der Waals surface area contributed by atoms with Gasteiger partial charge in [0.2, 0.25) is 5.91 Å². The summed E-state index contributed by atoms with van der Waals surface area (Å²) in [7, 11) is 0. The second-order valence-electron chi connectivity index (χ2n) is 30.8. The summed E-state index contributed by atoms with van der Waals surface area (Å²) < 4.78 is 23.4. The van der Waals surface area contributed by atoms with Gasteiger partial charge in [0.25, 0.3) is 0 Å². The van der Waals surface area contributed by atoms with Gasteiger partial charge in [-0.05, 0) is 169 Å². The van der Waals surface area contributed by atoms with E-state index in [1.54, 1.807) is 0 Å². The van der Waals surface area contributed by atoms with Crippen LogP contribution in [0.15, 0.2) is 11.6 Å². The lowest BCUT2D eigenvalue weighted by Crippen LogP contribution is -2.51. The van der Waals surface area contributed by atoms with E-state index >= 15 is 0 Å². The van der Waals surface area contributed by atoms with Gasteiger partial charge >= 0.3 is 29.8 Å². The molecule has 2 unspecified atom stereocenters. The van der Waals surface area contributed by atoms with Crippen molar-refractivity contribution in [3.63, 3.8) is 0 Å². The second-order valence-corrected chi connectivity index (χ2v) is 30.8. The van der Waals surface area contributed by atoms with E-state index in [1.807, 2.05) is 0 Å². The fourth-order valence-corrected chi connectivity index (χ4v) is 17.2. The summed E-state index contributed by atoms with van der Waals surface area (Å²) in [6, 6.07) is 0. The Morgan fingerprint density at radius 3 is 1.66 bits per heavy atom. The van der Waals surface area contributed by atoms with Crippen LogP contribution in [0.3, 0.4) is 0 Å². The topological polar surface area (TPSA) is 166 Å². The van der Waals surface area contributed by atoms with Crippen LogP contribution in [0.4, 0.5) is 0 Å². The number of rotatable bonds is 56. The van der Waals surface area contributed by atoms with E-state index in [2.05, 4.69) is 66.4 Å². The highest BCUT2D eigenvalue weighted by Crippen LogP contribution is 2.67. The fourth-order valence-electron chi connectivity index (χ4n) is 17.2. The lowest BCUT2D eigenvalue weighted by molar-refractivity contribution is -0.157. The molecule has 3 saturated carbocycles. The van der Waals surface area contributed by atoms with Crippen LogP contribution in [-0.4, -0.2) is 109 Å². The van der Waals surface area contributed by atoms with Crippen molar-refractivity contribution in [2.45, 2.75) is 369 Å². The van der Waals surface area contributed by atoms with Crippen LogP contribution in [0.2, 0.25) is 0 Å². The highest BCUT2D eigenvalue weighted by molar-refractivity contribution is 5.86. The molecule has 0 aromatic carbocycles. The molecule has 13 nitrogen and oxygen atoms in total. The van der Waals surface area contributed by atoms with E-state index in [1.165, 1.54) is 160 Å². The molecule has 13 heteroatoms. The van der Waals surface area contributed by atoms with Crippen molar-refractivity contribution in [3.05, 3.63) is 11.6 Å². The number of hydrogen-bond acceptors (Lipinski definition) is 11. The molecule has 0 aliphatic heterocycles. The van der Waals surface area contributed by atoms with E-state index in [-0.39, 0.29) is 55.4 Å². The van der Waals surface area contributed by atoms with Gasteiger partial charge in [-0.15, -0.1) is 0 Å². The van der Waals surface area contributed by atoms with E-state index in [0.29, 0.717) is 49.7 Å². The molecule has 0 bridgehead atoms. The maximum atomic E-state index is 13.5. The highest BCUT2D eigenvalue weighted by atomic mass is 16.6. The Morgan fingerprint density at radius 1 is 0.516 bits per heavy atom. The van der Waals surface area contributed by atoms with Crippen LogP contribution in [0.25, 0.3) is 0 Å². The first-order valence-electron chi connectivity index (χ1n) is 39.5. The Labute approximate surface area is 569 Å². The largest absolute Gasteiger partial charge is 0.480 e. The lowest BCUT2D eigenvalue weighted by atomic mass is 9.47. The van der Waals surface area contributed by atoms with Crippen LogP contribution in [0.5, 0.6) is 0 Å². The number of amides is 1. The van der Waals surface area contributed by atoms with Gasteiger partial charge in [-0.3, -0.25) is 33.7 Å². The zero-order valence-electron chi connectivity index (χ0n) is 61.3. The predicted molar refractivity (Wildman–Crippen MR) is 379 cm³/mol. The molecule has 538 valence electrons. The number of esters is 4. The third kappa shape index (κ3) is 32.6. The van der Waals surface area contributed by atoms with Gasteiger partial charge in [-0.2, -0.15) is 0 Å². The first kappa shape index (κ1) is 81.9. The van der Waals surface area contributed by atoms with Crippen molar-refractivity contribution in [2.75, 3.05) is 45.9 Å². The molecule has 4 aliphatic rings. The van der Waals surface area contributed by atoms with Gasteiger partial charge in [0, 0.05) is 38.6 Å². The quantitative estimate of drug-likeness (QED) is 0.0265. The molecule has 4 aliphatic carbocycles. The summed E-state index contributed by atoms with van der Waals surface area (Å²) in [5, 5.41) is 9.78. The van der Waals surface area contributed by atoms with Gasteiger partial charge in [0.05, 0.1) is 6.61 Å². The number of fused-ring (bicyclic) bond motifs is 5. The maximum absolute atomic E-state index is 13.5. The average Bonchev–Trinajstić information content (AvgIpc) is 1.69. The molecular formula is C80H142N2O11. The number of hydrogen-bond donors (Lipinski definition) is 1. The zero-order valence-corrected chi connectivity index (χ0v) is 61.3. The van der Waals surface area contributed by atoms with Crippen LogP contribution in [-0.2, 0) is 47.7 Å². The summed E-state index contributed by atoms with van der Waals surface area (Å²) in [5.74, 6) is 1.55. The normalized spacial score (nSPS) is 22.1. The van der Waals surface area contributed by atoms with Gasteiger partial charge < -0.3 is 29.0 Å². The number of allylic oxidation sites excluding steroid dienone is 1. The maximum Gasteiger partial charge on any atom is 0.325 e. The monoisotopic (exact) mass is 1310 g/mol. The minimum atomic E-state index is -1.21. The minimum absolute atomic E-state index is 0.00525. The second kappa shape index (κ2) is 48.3. The van der Waals surface area contributed by atoms with Gasteiger partial charge in [0.1, 0.15) is 31.9 Å². The standard InChI is InChI=1S/C80H142N2O11/c1-9-12-15-18-21-22-23-29-37-59-90-75(86)45-34-30-36-57-81(56-35-28-24-27-33-46-77(88)92-67(42-31-25-19-16-13-10-2)43-32-26-20-17-14-11-3)58-60-91-76(87)47-39-44-73(83)82(62-74(84)85)63-78(89)93-68-52-54-79(7)66(61-68)48-49-69-71-51-50-70(65(6)41-38-40-64(4)5)80(71,8)55-53-72(69)79/h48,64-65,67-72H,9-47,49-63H2,1-8H3,(H,84,85)/t65-,68+,69+,70?,71+,72?,79+,80-/m1/s1. The Kier molecular flexibility index (Phi) is 42.5. The Hall–Kier alpha value is -3.48. The number of aliphatic carboxylic acids is 1. The van der Waals surface area contributed by atoms with Crippen LogP contribution in [0, 0.1) is 46.3 Å². The molecule has 1 amide bonds. The van der Waals surface area contributed by atoms with Crippen molar-refractivity contribution >= 4 is 35.8 Å². The van der Waals surface area contributed by atoms with Gasteiger partial charge in [-0.1, -0.05) is 228 Å². The third-order valence-corrected chi connectivity index (χ3v) is 22.8. The number of carboxylic acid groups (broad SMARTS) is 1. The van der Waals surface area contributed by atoms with E-state index in [4.69, 9.17) is 18.9 Å². The average molecular weight is 1310 g/mol. The number of nitrogens with zero attached hydrogens (tertiary/aromatic N) is 2. The summed E-state index contributed by atoms with van der Waals surface area (Å²) >= 11 is 0. The molecule has 8 atom stereocenters. The number of ether oxygens (including phenoxy) is 4. The van der Waals surface area contributed by atoms with Crippen LogP contribution < -0.4 is 0 Å². The summed E-state index contributed by atoms with van der Waals surface area (Å²) in [4.78, 5) is 81.1. The summed E-state index contributed by atoms with van der Waals surface area (Å²) in [6.45, 7) is 20.9.